The Hall–Kier alpha value is -1.60. The first-order valence-corrected chi connectivity index (χ1v) is 9.76. The fourth-order valence-electron chi connectivity index (χ4n) is 2.37. The van der Waals surface area contributed by atoms with Gasteiger partial charge in [0.25, 0.3) is 0 Å². The van der Waals surface area contributed by atoms with Gasteiger partial charge >= 0.3 is 0 Å². The van der Waals surface area contributed by atoms with E-state index in [0.29, 0.717) is 28.8 Å². The number of hydrogen-bond donors (Lipinski definition) is 1. The number of rotatable bonds is 8. The molecule has 0 unspecified atom stereocenters. The van der Waals surface area contributed by atoms with Gasteiger partial charge in [0.05, 0.1) is 29.7 Å². The third-order valence-electron chi connectivity index (χ3n) is 3.68. The normalized spacial score (nSPS) is 10.8. The standard InChI is InChI=1S/C18H21Cl2N3O2S/c1-3-23(10-14-5-4-8-26-14)18(25)12-22(2)11-17(24)21-13-6-7-15(19)16(20)9-13/h4-9H,3,10-12H2,1-2H3,(H,21,24). The fraction of sp³-hybridized carbons (Fsp3) is 0.333. The molecule has 26 heavy (non-hydrogen) atoms. The Labute approximate surface area is 167 Å². The number of hydrogen-bond acceptors (Lipinski definition) is 4. The average molecular weight is 414 g/mol. The molecule has 0 spiro atoms. The first kappa shape index (κ1) is 20.7. The van der Waals surface area contributed by atoms with E-state index in [1.807, 2.05) is 24.4 Å². The lowest BCUT2D eigenvalue weighted by Gasteiger charge is -2.23. The Morgan fingerprint density at radius 2 is 1.92 bits per heavy atom. The average Bonchev–Trinajstić information content (AvgIpc) is 3.08. The van der Waals surface area contributed by atoms with E-state index in [4.69, 9.17) is 23.2 Å². The van der Waals surface area contributed by atoms with Crippen LogP contribution in [0, 0.1) is 0 Å². The molecule has 0 saturated heterocycles. The Morgan fingerprint density at radius 3 is 2.54 bits per heavy atom. The van der Waals surface area contributed by atoms with Gasteiger partial charge in [-0.3, -0.25) is 14.5 Å². The van der Waals surface area contributed by atoms with Crippen LogP contribution in [-0.4, -0.2) is 48.3 Å². The molecule has 8 heteroatoms. The summed E-state index contributed by atoms with van der Waals surface area (Å²) in [6.45, 7) is 3.44. The van der Waals surface area contributed by atoms with E-state index in [9.17, 15) is 9.59 Å². The molecule has 1 aromatic carbocycles. The van der Waals surface area contributed by atoms with Gasteiger partial charge in [-0.15, -0.1) is 11.3 Å². The quantitative estimate of drug-likeness (QED) is 0.711. The lowest BCUT2D eigenvalue weighted by Crippen LogP contribution is -2.41. The summed E-state index contributed by atoms with van der Waals surface area (Å²) in [5.41, 5.74) is 0.567. The number of benzene rings is 1. The van der Waals surface area contributed by atoms with Gasteiger partial charge in [0.15, 0.2) is 0 Å². The van der Waals surface area contributed by atoms with Crippen LogP contribution in [0.3, 0.4) is 0 Å². The van der Waals surface area contributed by atoms with Gasteiger partial charge < -0.3 is 10.2 Å². The van der Waals surface area contributed by atoms with Gasteiger partial charge in [0, 0.05) is 17.1 Å². The molecule has 140 valence electrons. The number of likely N-dealkylation sites (N-methyl/N-ethyl adjacent to an activating group) is 2. The summed E-state index contributed by atoms with van der Waals surface area (Å²) in [4.78, 5) is 29.2. The van der Waals surface area contributed by atoms with E-state index in [1.165, 1.54) is 0 Å². The molecule has 1 N–H and O–H groups in total. The molecule has 0 radical (unpaired) electrons. The number of thiophene rings is 1. The second-order valence-electron chi connectivity index (χ2n) is 5.84. The van der Waals surface area contributed by atoms with Crippen molar-refractivity contribution in [1.29, 1.82) is 0 Å². The predicted octanol–water partition coefficient (Wildman–Crippen LogP) is 3.97. The molecular formula is C18H21Cl2N3O2S. The van der Waals surface area contributed by atoms with Crippen molar-refractivity contribution < 1.29 is 9.59 Å². The van der Waals surface area contributed by atoms with Crippen molar-refractivity contribution in [2.75, 3.05) is 32.0 Å². The van der Waals surface area contributed by atoms with E-state index in [1.54, 1.807) is 46.4 Å². The smallest absolute Gasteiger partial charge is 0.238 e. The SMILES string of the molecule is CCN(Cc1cccs1)C(=O)CN(C)CC(=O)Nc1ccc(Cl)c(Cl)c1. The summed E-state index contributed by atoms with van der Waals surface area (Å²) < 4.78 is 0. The first-order valence-electron chi connectivity index (χ1n) is 8.12. The fourth-order valence-corrected chi connectivity index (χ4v) is 3.39. The third-order valence-corrected chi connectivity index (χ3v) is 5.28. The van der Waals surface area contributed by atoms with Gasteiger partial charge in [0.2, 0.25) is 11.8 Å². The molecule has 2 amide bonds. The van der Waals surface area contributed by atoms with E-state index in [-0.39, 0.29) is 24.9 Å². The Morgan fingerprint density at radius 1 is 1.15 bits per heavy atom. The van der Waals surface area contributed by atoms with Crippen molar-refractivity contribution in [3.05, 3.63) is 50.6 Å². The van der Waals surface area contributed by atoms with Crippen molar-refractivity contribution in [1.82, 2.24) is 9.80 Å². The summed E-state index contributed by atoms with van der Waals surface area (Å²) in [7, 11) is 1.74. The van der Waals surface area contributed by atoms with Crippen LogP contribution in [0.15, 0.2) is 35.7 Å². The third kappa shape index (κ3) is 6.29. The van der Waals surface area contributed by atoms with E-state index < -0.39 is 0 Å². The van der Waals surface area contributed by atoms with Crippen LogP contribution in [0.5, 0.6) is 0 Å². The highest BCUT2D eigenvalue weighted by atomic mass is 35.5. The van der Waals surface area contributed by atoms with Crippen LogP contribution in [-0.2, 0) is 16.1 Å². The van der Waals surface area contributed by atoms with Gasteiger partial charge in [-0.1, -0.05) is 29.3 Å². The minimum atomic E-state index is -0.222. The highest BCUT2D eigenvalue weighted by Gasteiger charge is 2.16. The lowest BCUT2D eigenvalue weighted by molar-refractivity contribution is -0.132. The first-order chi connectivity index (χ1) is 12.4. The number of nitrogens with one attached hydrogen (secondary N) is 1. The van der Waals surface area contributed by atoms with Gasteiger partial charge in [-0.2, -0.15) is 0 Å². The second kappa shape index (κ2) is 9.92. The summed E-state index contributed by atoms with van der Waals surface area (Å²) in [5.74, 6) is -0.231. The zero-order valence-electron chi connectivity index (χ0n) is 14.7. The Kier molecular flexibility index (Phi) is 7.90. The maximum Gasteiger partial charge on any atom is 0.238 e. The Balaban J connectivity index is 1.84. The zero-order chi connectivity index (χ0) is 19.1. The highest BCUT2D eigenvalue weighted by Crippen LogP contribution is 2.24. The Bertz CT molecular complexity index is 753. The molecule has 0 fully saturated rings. The van der Waals surface area contributed by atoms with Crippen LogP contribution in [0.25, 0.3) is 0 Å². The number of carbonyl (C=O) groups is 2. The van der Waals surface area contributed by atoms with Crippen LogP contribution >= 0.6 is 34.5 Å². The number of nitrogens with zero attached hydrogens (tertiary/aromatic N) is 2. The highest BCUT2D eigenvalue weighted by molar-refractivity contribution is 7.09. The molecule has 0 atom stereocenters. The van der Waals surface area contributed by atoms with Crippen molar-refractivity contribution in [2.45, 2.75) is 13.5 Å². The van der Waals surface area contributed by atoms with Crippen molar-refractivity contribution in [3.63, 3.8) is 0 Å². The largest absolute Gasteiger partial charge is 0.337 e. The zero-order valence-corrected chi connectivity index (χ0v) is 17.0. The van der Waals surface area contributed by atoms with Gasteiger partial charge in [-0.25, -0.2) is 0 Å². The molecule has 1 aromatic heterocycles. The molecule has 2 aromatic rings. The molecule has 0 aliphatic heterocycles. The maximum absolute atomic E-state index is 12.5. The monoisotopic (exact) mass is 413 g/mol. The van der Waals surface area contributed by atoms with Crippen LogP contribution in [0.4, 0.5) is 5.69 Å². The van der Waals surface area contributed by atoms with E-state index >= 15 is 0 Å². The van der Waals surface area contributed by atoms with Crippen LogP contribution < -0.4 is 5.32 Å². The topological polar surface area (TPSA) is 52.7 Å². The number of anilines is 1. The minimum Gasteiger partial charge on any atom is -0.337 e. The summed E-state index contributed by atoms with van der Waals surface area (Å²) in [6, 6.07) is 8.87. The molecule has 1 heterocycles. The second-order valence-corrected chi connectivity index (χ2v) is 7.68. The molecule has 0 bridgehead atoms. The number of carbonyl (C=O) groups excluding carboxylic acids is 2. The molecular weight excluding hydrogens is 393 g/mol. The van der Waals surface area contributed by atoms with E-state index in [0.717, 1.165) is 4.88 Å². The van der Waals surface area contributed by atoms with Crippen molar-refractivity contribution >= 4 is 52.0 Å². The molecule has 5 nitrogen and oxygen atoms in total. The molecule has 0 saturated carbocycles. The number of amides is 2. The van der Waals surface area contributed by atoms with Gasteiger partial charge in [0.1, 0.15) is 0 Å². The lowest BCUT2D eigenvalue weighted by atomic mass is 10.3. The van der Waals surface area contributed by atoms with Crippen molar-refractivity contribution in [2.24, 2.45) is 0 Å². The molecule has 0 aliphatic rings. The summed E-state index contributed by atoms with van der Waals surface area (Å²) in [6.07, 6.45) is 0. The van der Waals surface area contributed by atoms with Crippen LogP contribution in [0.1, 0.15) is 11.8 Å². The van der Waals surface area contributed by atoms with Crippen LogP contribution in [0.2, 0.25) is 10.0 Å². The molecule has 0 aliphatic carbocycles. The summed E-state index contributed by atoms with van der Waals surface area (Å²) in [5, 5.41) is 5.54. The van der Waals surface area contributed by atoms with E-state index in [2.05, 4.69) is 5.32 Å². The summed E-state index contributed by atoms with van der Waals surface area (Å²) >= 11 is 13.4. The predicted molar refractivity (Wildman–Crippen MR) is 108 cm³/mol. The number of halogens is 2. The minimum absolute atomic E-state index is 0.00858. The molecule has 2 rings (SSSR count). The maximum atomic E-state index is 12.5. The van der Waals surface area contributed by atoms with Crippen molar-refractivity contribution in [3.8, 4) is 0 Å². The van der Waals surface area contributed by atoms with Gasteiger partial charge in [-0.05, 0) is 43.6 Å².